The molecule has 1 unspecified atom stereocenters. The van der Waals surface area contributed by atoms with Gasteiger partial charge in [0.2, 0.25) is 4.96 Å². The summed E-state index contributed by atoms with van der Waals surface area (Å²) in [5, 5.41) is 5.46. The molecule has 0 N–H and O–H groups in total. The van der Waals surface area contributed by atoms with E-state index in [2.05, 4.69) is 53.1 Å². The number of rotatable bonds is 3. The minimum atomic E-state index is -0.102. The van der Waals surface area contributed by atoms with Crippen LogP contribution in [-0.2, 0) is 13.0 Å². The summed E-state index contributed by atoms with van der Waals surface area (Å²) < 4.78 is 1.43. The van der Waals surface area contributed by atoms with E-state index in [0.29, 0.717) is 16.9 Å². The fourth-order valence-electron chi connectivity index (χ4n) is 3.81. The molecule has 0 aliphatic carbocycles. The highest BCUT2D eigenvalue weighted by Gasteiger charge is 2.30. The quantitative estimate of drug-likeness (QED) is 0.725. The summed E-state index contributed by atoms with van der Waals surface area (Å²) in [5.74, 6) is 0.513. The Hall–Kier alpha value is -2.05. The number of benzene rings is 1. The first-order valence-electron chi connectivity index (χ1n) is 8.71. The SMILES string of the molecule is Cc1cc(=O)n2nc(CN3CCc4ccccc4C3C(C)C)sc2n1. The highest BCUT2D eigenvalue weighted by atomic mass is 32.1. The van der Waals surface area contributed by atoms with Gasteiger partial charge < -0.3 is 0 Å². The average Bonchev–Trinajstić information content (AvgIpc) is 2.97. The van der Waals surface area contributed by atoms with Crippen molar-refractivity contribution in [3.63, 3.8) is 0 Å². The fourth-order valence-corrected chi connectivity index (χ4v) is 4.78. The van der Waals surface area contributed by atoms with Gasteiger partial charge >= 0.3 is 0 Å². The zero-order chi connectivity index (χ0) is 17.6. The molecule has 2 aromatic heterocycles. The number of nitrogens with zero attached hydrogens (tertiary/aromatic N) is 4. The molecule has 0 spiro atoms. The second-order valence-corrected chi connectivity index (χ2v) is 8.07. The summed E-state index contributed by atoms with van der Waals surface area (Å²) in [4.78, 5) is 19.7. The predicted octanol–water partition coefficient (Wildman–Crippen LogP) is 3.21. The number of fused-ring (bicyclic) bond motifs is 2. The van der Waals surface area contributed by atoms with Gasteiger partial charge in [0.25, 0.3) is 5.56 Å². The molecule has 1 aliphatic rings. The van der Waals surface area contributed by atoms with Gasteiger partial charge in [-0.25, -0.2) is 4.98 Å². The van der Waals surface area contributed by atoms with Crippen molar-refractivity contribution >= 4 is 16.3 Å². The molecule has 130 valence electrons. The van der Waals surface area contributed by atoms with E-state index in [-0.39, 0.29) is 5.56 Å². The molecule has 0 radical (unpaired) electrons. The lowest BCUT2D eigenvalue weighted by atomic mass is 9.86. The molecule has 1 aromatic carbocycles. The van der Waals surface area contributed by atoms with Crippen molar-refractivity contribution in [1.82, 2.24) is 19.5 Å². The van der Waals surface area contributed by atoms with Gasteiger partial charge in [-0.3, -0.25) is 9.69 Å². The highest BCUT2D eigenvalue weighted by molar-refractivity contribution is 7.16. The van der Waals surface area contributed by atoms with Gasteiger partial charge in [-0.15, -0.1) is 0 Å². The number of aromatic nitrogens is 3. The van der Waals surface area contributed by atoms with E-state index in [1.165, 1.54) is 33.0 Å². The smallest absolute Gasteiger partial charge is 0.275 e. The molecule has 6 heteroatoms. The molecule has 25 heavy (non-hydrogen) atoms. The van der Waals surface area contributed by atoms with E-state index >= 15 is 0 Å². The van der Waals surface area contributed by atoms with Crippen molar-refractivity contribution in [2.45, 2.75) is 39.8 Å². The normalized spacial score (nSPS) is 18.0. The van der Waals surface area contributed by atoms with Gasteiger partial charge in [-0.2, -0.15) is 9.61 Å². The zero-order valence-corrected chi connectivity index (χ0v) is 15.6. The summed E-state index contributed by atoms with van der Waals surface area (Å²) in [7, 11) is 0. The van der Waals surface area contributed by atoms with Crippen molar-refractivity contribution in [1.29, 1.82) is 0 Å². The second kappa shape index (κ2) is 6.35. The summed E-state index contributed by atoms with van der Waals surface area (Å²) in [6.45, 7) is 8.15. The summed E-state index contributed by atoms with van der Waals surface area (Å²) >= 11 is 1.51. The van der Waals surface area contributed by atoms with Crippen LogP contribution in [0.1, 0.15) is 41.7 Å². The first-order chi connectivity index (χ1) is 12.0. The van der Waals surface area contributed by atoms with E-state index in [9.17, 15) is 4.79 Å². The van der Waals surface area contributed by atoms with Gasteiger partial charge in [0, 0.05) is 24.3 Å². The van der Waals surface area contributed by atoms with Crippen LogP contribution in [-0.4, -0.2) is 26.0 Å². The number of aryl methyl sites for hydroxylation is 1. The topological polar surface area (TPSA) is 50.5 Å². The van der Waals surface area contributed by atoms with Crippen LogP contribution in [0.5, 0.6) is 0 Å². The van der Waals surface area contributed by atoms with Gasteiger partial charge in [-0.05, 0) is 30.4 Å². The van der Waals surface area contributed by atoms with Crippen molar-refractivity contribution in [3.05, 3.63) is 62.5 Å². The van der Waals surface area contributed by atoms with Crippen LogP contribution in [0.2, 0.25) is 0 Å². The lowest BCUT2D eigenvalue weighted by Crippen LogP contribution is -2.37. The molecular formula is C19H22N4OS. The van der Waals surface area contributed by atoms with Gasteiger partial charge in [-0.1, -0.05) is 49.4 Å². The molecule has 0 saturated heterocycles. The van der Waals surface area contributed by atoms with E-state index in [4.69, 9.17) is 0 Å². The Morgan fingerprint density at radius 1 is 1.32 bits per heavy atom. The monoisotopic (exact) mass is 354 g/mol. The van der Waals surface area contributed by atoms with Gasteiger partial charge in [0.05, 0.1) is 6.54 Å². The third kappa shape index (κ3) is 3.00. The largest absolute Gasteiger partial charge is 0.289 e. The molecule has 4 rings (SSSR count). The molecule has 5 nitrogen and oxygen atoms in total. The maximum absolute atomic E-state index is 12.1. The molecule has 3 heterocycles. The lowest BCUT2D eigenvalue weighted by Gasteiger charge is -2.39. The Labute approximate surface area is 151 Å². The molecule has 1 aliphatic heterocycles. The number of hydrogen-bond acceptors (Lipinski definition) is 5. The number of hydrogen-bond donors (Lipinski definition) is 0. The van der Waals surface area contributed by atoms with Crippen LogP contribution in [0.15, 0.2) is 35.1 Å². The van der Waals surface area contributed by atoms with E-state index < -0.39 is 0 Å². The molecule has 3 aromatic rings. The molecule has 0 amide bonds. The van der Waals surface area contributed by atoms with Crippen molar-refractivity contribution in [2.24, 2.45) is 5.92 Å². The summed E-state index contributed by atoms with van der Waals surface area (Å²) in [6.07, 6.45) is 1.06. The van der Waals surface area contributed by atoms with Crippen LogP contribution in [0, 0.1) is 12.8 Å². The van der Waals surface area contributed by atoms with Crippen molar-refractivity contribution in [3.8, 4) is 0 Å². The molecule has 0 fully saturated rings. The Kier molecular flexibility index (Phi) is 4.17. The van der Waals surface area contributed by atoms with Crippen LogP contribution in [0.4, 0.5) is 0 Å². The third-order valence-corrected chi connectivity index (χ3v) is 5.71. The Balaban J connectivity index is 1.68. The Morgan fingerprint density at radius 3 is 2.92 bits per heavy atom. The van der Waals surface area contributed by atoms with Crippen molar-refractivity contribution < 1.29 is 0 Å². The fraction of sp³-hybridized carbons (Fsp3) is 0.421. The second-order valence-electron chi connectivity index (χ2n) is 7.03. The average molecular weight is 354 g/mol. The van der Waals surface area contributed by atoms with Crippen LogP contribution in [0.25, 0.3) is 4.96 Å². The maximum Gasteiger partial charge on any atom is 0.275 e. The first kappa shape index (κ1) is 16.4. The molecule has 0 bridgehead atoms. The van der Waals surface area contributed by atoms with Crippen LogP contribution < -0.4 is 5.56 Å². The zero-order valence-electron chi connectivity index (χ0n) is 14.8. The first-order valence-corrected chi connectivity index (χ1v) is 9.53. The molecule has 1 atom stereocenters. The summed E-state index contributed by atoms with van der Waals surface area (Å²) in [6, 6.07) is 10.7. The van der Waals surface area contributed by atoms with E-state index in [1.807, 2.05) is 6.92 Å². The van der Waals surface area contributed by atoms with Gasteiger partial charge in [0.1, 0.15) is 5.01 Å². The minimum absolute atomic E-state index is 0.102. The maximum atomic E-state index is 12.1. The van der Waals surface area contributed by atoms with Crippen LogP contribution >= 0.6 is 11.3 Å². The lowest BCUT2D eigenvalue weighted by molar-refractivity contribution is 0.135. The van der Waals surface area contributed by atoms with E-state index in [0.717, 1.165) is 30.2 Å². The highest BCUT2D eigenvalue weighted by Crippen LogP contribution is 2.36. The Bertz CT molecular complexity index is 975. The Morgan fingerprint density at radius 2 is 2.12 bits per heavy atom. The standard InChI is InChI=1S/C19H22N4OS/c1-12(2)18-15-7-5-4-6-14(15)8-9-22(18)11-16-21-23-17(24)10-13(3)20-19(23)25-16/h4-7,10,12,18H,8-9,11H2,1-3H3. The van der Waals surface area contributed by atoms with Crippen molar-refractivity contribution in [2.75, 3.05) is 6.54 Å². The molecular weight excluding hydrogens is 332 g/mol. The van der Waals surface area contributed by atoms with Gasteiger partial charge in [0.15, 0.2) is 0 Å². The van der Waals surface area contributed by atoms with E-state index in [1.54, 1.807) is 0 Å². The van der Waals surface area contributed by atoms with Crippen LogP contribution in [0.3, 0.4) is 0 Å². The third-order valence-electron chi connectivity index (χ3n) is 4.82. The molecule has 0 saturated carbocycles. The summed E-state index contributed by atoms with van der Waals surface area (Å²) in [5.41, 5.74) is 3.52. The predicted molar refractivity (Wildman–Crippen MR) is 100 cm³/mol. The minimum Gasteiger partial charge on any atom is -0.289 e.